The Morgan fingerprint density at radius 3 is 2.60 bits per heavy atom. The third-order valence-corrected chi connectivity index (χ3v) is 2.79. The van der Waals surface area contributed by atoms with E-state index >= 15 is 0 Å². The molecule has 0 spiro atoms. The van der Waals surface area contributed by atoms with Gasteiger partial charge in [0.25, 0.3) is 0 Å². The summed E-state index contributed by atoms with van der Waals surface area (Å²) in [5.74, 6) is 1.30. The highest BCUT2D eigenvalue weighted by Crippen LogP contribution is 2.20. The van der Waals surface area contributed by atoms with Crippen LogP contribution in [0.3, 0.4) is 0 Å². The fraction of sp³-hybridized carbons (Fsp3) is 0.467. The zero-order valence-electron chi connectivity index (χ0n) is 12.7. The van der Waals surface area contributed by atoms with E-state index in [1.165, 1.54) is 0 Å². The van der Waals surface area contributed by atoms with Gasteiger partial charge in [-0.15, -0.1) is 0 Å². The van der Waals surface area contributed by atoms with E-state index in [1.807, 2.05) is 39.0 Å². The molecule has 0 aliphatic carbocycles. The van der Waals surface area contributed by atoms with Crippen LogP contribution in [0.2, 0.25) is 0 Å². The lowest BCUT2D eigenvalue weighted by Crippen LogP contribution is -2.43. The SMILES string of the molecule is CC(C)c1nc2ccc(NC(=O)NC(C)(C)C)cc2[nH]1. The van der Waals surface area contributed by atoms with Crippen molar-refractivity contribution in [1.29, 1.82) is 0 Å². The van der Waals surface area contributed by atoms with Gasteiger partial charge >= 0.3 is 6.03 Å². The number of fused-ring (bicyclic) bond motifs is 1. The summed E-state index contributed by atoms with van der Waals surface area (Å²) in [7, 11) is 0. The first-order valence-corrected chi connectivity index (χ1v) is 6.83. The minimum absolute atomic E-state index is 0.208. The molecule has 0 radical (unpaired) electrons. The number of carbonyl (C=O) groups is 1. The number of urea groups is 1. The maximum atomic E-state index is 11.8. The summed E-state index contributed by atoms with van der Waals surface area (Å²) in [5, 5.41) is 5.69. The van der Waals surface area contributed by atoms with Crippen molar-refractivity contribution in [2.24, 2.45) is 0 Å². The summed E-state index contributed by atoms with van der Waals surface area (Å²) >= 11 is 0. The highest BCUT2D eigenvalue weighted by molar-refractivity contribution is 5.92. The predicted octanol–water partition coefficient (Wildman–Crippen LogP) is 3.61. The van der Waals surface area contributed by atoms with Gasteiger partial charge in [-0.25, -0.2) is 9.78 Å². The minimum Gasteiger partial charge on any atom is -0.342 e. The van der Waals surface area contributed by atoms with E-state index in [9.17, 15) is 4.79 Å². The van der Waals surface area contributed by atoms with Crippen molar-refractivity contribution in [3.8, 4) is 0 Å². The second-order valence-corrected chi connectivity index (χ2v) is 6.34. The van der Waals surface area contributed by atoms with Gasteiger partial charge in [-0.05, 0) is 39.0 Å². The summed E-state index contributed by atoms with van der Waals surface area (Å²) < 4.78 is 0. The molecule has 2 amide bonds. The molecule has 1 heterocycles. The molecule has 1 aromatic heterocycles. The third-order valence-electron chi connectivity index (χ3n) is 2.79. The molecule has 2 rings (SSSR count). The second-order valence-electron chi connectivity index (χ2n) is 6.34. The Kier molecular flexibility index (Phi) is 3.70. The Morgan fingerprint density at radius 1 is 1.30 bits per heavy atom. The Labute approximate surface area is 119 Å². The summed E-state index contributed by atoms with van der Waals surface area (Å²) in [6.45, 7) is 10.0. The largest absolute Gasteiger partial charge is 0.342 e. The van der Waals surface area contributed by atoms with E-state index in [0.717, 1.165) is 22.5 Å². The fourth-order valence-corrected chi connectivity index (χ4v) is 1.88. The molecule has 5 heteroatoms. The Morgan fingerprint density at radius 2 is 2.00 bits per heavy atom. The van der Waals surface area contributed by atoms with Gasteiger partial charge in [0, 0.05) is 17.1 Å². The van der Waals surface area contributed by atoms with Crippen molar-refractivity contribution < 1.29 is 4.79 Å². The number of hydrogen-bond acceptors (Lipinski definition) is 2. The van der Waals surface area contributed by atoms with Crippen molar-refractivity contribution in [3.63, 3.8) is 0 Å². The third kappa shape index (κ3) is 3.50. The number of nitrogens with zero attached hydrogens (tertiary/aromatic N) is 1. The number of H-pyrrole nitrogens is 1. The van der Waals surface area contributed by atoms with Gasteiger partial charge in [-0.1, -0.05) is 13.8 Å². The van der Waals surface area contributed by atoms with E-state index < -0.39 is 0 Å². The predicted molar refractivity (Wildman–Crippen MR) is 82.1 cm³/mol. The molecular formula is C15H22N4O. The average Bonchev–Trinajstić information content (AvgIpc) is 2.69. The van der Waals surface area contributed by atoms with Crippen molar-refractivity contribution in [3.05, 3.63) is 24.0 Å². The standard InChI is InChI=1S/C15H22N4O/c1-9(2)13-17-11-7-6-10(8-12(11)18-13)16-14(20)19-15(3,4)5/h6-9H,1-5H3,(H,17,18)(H2,16,19,20). The van der Waals surface area contributed by atoms with Crippen molar-refractivity contribution in [2.45, 2.75) is 46.1 Å². The number of hydrogen-bond donors (Lipinski definition) is 3. The molecule has 0 saturated carbocycles. The van der Waals surface area contributed by atoms with E-state index in [-0.39, 0.29) is 11.6 Å². The molecule has 0 atom stereocenters. The molecule has 0 unspecified atom stereocenters. The molecule has 0 aliphatic rings. The molecule has 0 fully saturated rings. The minimum atomic E-state index is -0.257. The summed E-state index contributed by atoms with van der Waals surface area (Å²) in [6, 6.07) is 5.46. The fourth-order valence-electron chi connectivity index (χ4n) is 1.88. The average molecular weight is 274 g/mol. The van der Waals surface area contributed by atoms with Crippen LogP contribution in [0.15, 0.2) is 18.2 Å². The zero-order valence-corrected chi connectivity index (χ0v) is 12.7. The first kappa shape index (κ1) is 14.4. The van der Waals surface area contributed by atoms with E-state index in [2.05, 4.69) is 34.4 Å². The van der Waals surface area contributed by atoms with Crippen LogP contribution >= 0.6 is 0 Å². The van der Waals surface area contributed by atoms with E-state index in [4.69, 9.17) is 0 Å². The molecule has 1 aromatic carbocycles. The van der Waals surface area contributed by atoms with Crippen LogP contribution in [0.5, 0.6) is 0 Å². The Balaban J connectivity index is 2.17. The number of amides is 2. The van der Waals surface area contributed by atoms with Crippen LogP contribution in [0.4, 0.5) is 10.5 Å². The van der Waals surface area contributed by atoms with E-state index in [1.54, 1.807) is 0 Å². The quantitative estimate of drug-likeness (QED) is 0.783. The van der Waals surface area contributed by atoms with Crippen molar-refractivity contribution >= 4 is 22.8 Å². The summed E-state index contributed by atoms with van der Waals surface area (Å²) in [5.41, 5.74) is 2.34. The summed E-state index contributed by atoms with van der Waals surface area (Å²) in [6.07, 6.45) is 0. The van der Waals surface area contributed by atoms with Gasteiger partial charge in [0.2, 0.25) is 0 Å². The lowest BCUT2D eigenvalue weighted by molar-refractivity contribution is 0.244. The lowest BCUT2D eigenvalue weighted by Gasteiger charge is -2.20. The monoisotopic (exact) mass is 274 g/mol. The Hall–Kier alpha value is -2.04. The van der Waals surface area contributed by atoms with Crippen LogP contribution in [0, 0.1) is 0 Å². The number of anilines is 1. The number of aromatic amines is 1. The normalized spacial score (nSPS) is 11.9. The zero-order chi connectivity index (χ0) is 14.9. The number of benzene rings is 1. The summed E-state index contributed by atoms with van der Waals surface area (Å²) in [4.78, 5) is 19.6. The van der Waals surface area contributed by atoms with Crippen LogP contribution in [-0.2, 0) is 0 Å². The highest BCUT2D eigenvalue weighted by atomic mass is 16.2. The van der Waals surface area contributed by atoms with Gasteiger partial charge < -0.3 is 15.6 Å². The highest BCUT2D eigenvalue weighted by Gasteiger charge is 2.14. The van der Waals surface area contributed by atoms with Gasteiger partial charge in [-0.2, -0.15) is 0 Å². The van der Waals surface area contributed by atoms with Gasteiger partial charge in [0.05, 0.1) is 11.0 Å². The topological polar surface area (TPSA) is 69.8 Å². The maximum absolute atomic E-state index is 11.8. The van der Waals surface area contributed by atoms with Gasteiger partial charge in [0.1, 0.15) is 5.82 Å². The lowest BCUT2D eigenvalue weighted by atomic mass is 10.1. The first-order chi connectivity index (χ1) is 9.24. The first-order valence-electron chi connectivity index (χ1n) is 6.83. The molecule has 20 heavy (non-hydrogen) atoms. The molecule has 3 N–H and O–H groups in total. The van der Waals surface area contributed by atoms with Crippen LogP contribution in [0.25, 0.3) is 11.0 Å². The molecule has 0 saturated heterocycles. The van der Waals surface area contributed by atoms with Crippen LogP contribution in [0.1, 0.15) is 46.4 Å². The number of imidazole rings is 1. The number of rotatable bonds is 2. The second kappa shape index (κ2) is 5.15. The van der Waals surface area contributed by atoms with Crippen molar-refractivity contribution in [1.82, 2.24) is 15.3 Å². The molecule has 5 nitrogen and oxygen atoms in total. The number of carbonyl (C=O) groups excluding carboxylic acids is 1. The van der Waals surface area contributed by atoms with Gasteiger partial charge in [-0.3, -0.25) is 0 Å². The van der Waals surface area contributed by atoms with Crippen LogP contribution in [-0.4, -0.2) is 21.5 Å². The molecular weight excluding hydrogens is 252 g/mol. The molecule has 0 bridgehead atoms. The number of aromatic nitrogens is 2. The molecule has 0 aliphatic heterocycles. The maximum Gasteiger partial charge on any atom is 0.319 e. The number of nitrogens with one attached hydrogen (secondary N) is 3. The molecule has 108 valence electrons. The van der Waals surface area contributed by atoms with Crippen LogP contribution < -0.4 is 10.6 Å². The van der Waals surface area contributed by atoms with E-state index in [0.29, 0.717) is 5.92 Å². The Bertz CT molecular complexity index is 622. The van der Waals surface area contributed by atoms with Gasteiger partial charge in [0.15, 0.2) is 0 Å². The molecule has 2 aromatic rings. The smallest absolute Gasteiger partial charge is 0.319 e. The van der Waals surface area contributed by atoms with Crippen molar-refractivity contribution in [2.75, 3.05) is 5.32 Å².